The van der Waals surface area contributed by atoms with Gasteiger partial charge in [-0.1, -0.05) is 75.8 Å². The second-order valence-corrected chi connectivity index (χ2v) is 8.99. The van der Waals surface area contributed by atoms with E-state index in [9.17, 15) is 4.79 Å². The molecule has 0 unspecified atom stereocenters. The number of allylic oxidation sites excluding steroid dienone is 3. The second-order valence-electron chi connectivity index (χ2n) is 7.32. The molecule has 0 radical (unpaired) electrons. The first-order valence-electron chi connectivity index (χ1n) is 9.17. The maximum Gasteiger partial charge on any atom is 0.266 e. The van der Waals surface area contributed by atoms with Crippen molar-refractivity contribution in [3.63, 3.8) is 0 Å². The normalized spacial score (nSPS) is 22.0. The Bertz CT molecular complexity index is 795. The SMILES string of the molecule is CCCCCN1C(=O)C(=CC=C2N(C)c3ccccc3C2(C)C)SC1=S. The van der Waals surface area contributed by atoms with Gasteiger partial charge in [0.1, 0.15) is 4.32 Å². The molecule has 0 N–H and O–H groups in total. The van der Waals surface area contributed by atoms with Crippen LogP contribution in [0.4, 0.5) is 5.69 Å². The van der Waals surface area contributed by atoms with Crippen molar-refractivity contribution in [3.8, 4) is 0 Å². The van der Waals surface area contributed by atoms with Crippen LogP contribution < -0.4 is 4.90 Å². The van der Waals surface area contributed by atoms with Crippen molar-refractivity contribution in [3.05, 3.63) is 52.6 Å². The van der Waals surface area contributed by atoms with Gasteiger partial charge in [0.25, 0.3) is 5.91 Å². The topological polar surface area (TPSA) is 23.6 Å². The zero-order valence-corrected chi connectivity index (χ0v) is 17.5. The molecule has 0 aromatic heterocycles. The predicted octanol–water partition coefficient (Wildman–Crippen LogP) is 5.23. The molecule has 26 heavy (non-hydrogen) atoms. The minimum atomic E-state index is -0.0873. The molecule has 0 spiro atoms. The highest BCUT2D eigenvalue weighted by atomic mass is 32.2. The molecule has 3 nitrogen and oxygen atoms in total. The predicted molar refractivity (Wildman–Crippen MR) is 115 cm³/mol. The van der Waals surface area contributed by atoms with E-state index >= 15 is 0 Å². The summed E-state index contributed by atoms with van der Waals surface area (Å²) in [6, 6.07) is 8.47. The number of unbranched alkanes of at least 4 members (excludes halogenated alkanes) is 2. The molecule has 1 amide bonds. The number of benzene rings is 1. The Labute approximate surface area is 166 Å². The number of anilines is 1. The summed E-state index contributed by atoms with van der Waals surface area (Å²) in [5, 5.41) is 0. The molecule has 3 rings (SSSR count). The number of rotatable bonds is 5. The monoisotopic (exact) mass is 386 g/mol. The van der Waals surface area contributed by atoms with Gasteiger partial charge in [-0.3, -0.25) is 9.69 Å². The van der Waals surface area contributed by atoms with Crippen LogP contribution in [0.15, 0.2) is 47.0 Å². The average Bonchev–Trinajstić information content (AvgIpc) is 2.99. The summed E-state index contributed by atoms with van der Waals surface area (Å²) in [6.07, 6.45) is 7.29. The fourth-order valence-electron chi connectivity index (χ4n) is 3.68. The minimum Gasteiger partial charge on any atom is -0.347 e. The number of hydrogen-bond donors (Lipinski definition) is 0. The molecule has 138 valence electrons. The molecule has 1 fully saturated rings. The van der Waals surface area contributed by atoms with E-state index in [1.807, 2.05) is 6.08 Å². The smallest absolute Gasteiger partial charge is 0.266 e. The van der Waals surface area contributed by atoms with Crippen molar-refractivity contribution in [2.24, 2.45) is 0 Å². The molecule has 0 atom stereocenters. The van der Waals surface area contributed by atoms with E-state index in [4.69, 9.17) is 12.2 Å². The number of carbonyl (C=O) groups is 1. The van der Waals surface area contributed by atoms with Gasteiger partial charge >= 0.3 is 0 Å². The molecule has 0 aliphatic carbocycles. The number of carbonyl (C=O) groups excluding carboxylic acids is 1. The zero-order valence-electron chi connectivity index (χ0n) is 15.9. The lowest BCUT2D eigenvalue weighted by molar-refractivity contribution is -0.122. The fourth-order valence-corrected chi connectivity index (χ4v) is 4.93. The van der Waals surface area contributed by atoms with Crippen LogP contribution in [0.2, 0.25) is 0 Å². The standard InChI is InChI=1S/C21H26N2OS2/c1-5-6-9-14-23-19(24)17(26-20(23)25)12-13-18-21(2,3)15-10-7-8-11-16(15)22(18)4/h7-8,10-13H,5-6,9,14H2,1-4H3. The van der Waals surface area contributed by atoms with Gasteiger partial charge in [0.2, 0.25) is 0 Å². The highest BCUT2D eigenvalue weighted by Gasteiger charge is 2.38. The van der Waals surface area contributed by atoms with Crippen LogP contribution in [-0.4, -0.2) is 28.7 Å². The Morgan fingerprint density at radius 1 is 1.19 bits per heavy atom. The lowest BCUT2D eigenvalue weighted by Gasteiger charge is -2.23. The fraction of sp³-hybridized carbons (Fsp3) is 0.429. The summed E-state index contributed by atoms with van der Waals surface area (Å²) in [7, 11) is 2.09. The summed E-state index contributed by atoms with van der Waals surface area (Å²) in [5.74, 6) is 0.0453. The van der Waals surface area contributed by atoms with Gasteiger partial charge in [0.05, 0.1) is 4.91 Å². The molecule has 5 heteroatoms. The van der Waals surface area contributed by atoms with Crippen molar-refractivity contribution >= 4 is 39.9 Å². The van der Waals surface area contributed by atoms with Crippen LogP contribution in [-0.2, 0) is 10.2 Å². The minimum absolute atomic E-state index is 0.0453. The first kappa shape index (κ1) is 19.2. The molecule has 1 aromatic rings. The van der Waals surface area contributed by atoms with Gasteiger partial charge in [0, 0.05) is 30.4 Å². The van der Waals surface area contributed by atoms with Gasteiger partial charge in [-0.15, -0.1) is 0 Å². The van der Waals surface area contributed by atoms with E-state index in [0.717, 1.165) is 30.7 Å². The Morgan fingerprint density at radius 2 is 1.92 bits per heavy atom. The van der Waals surface area contributed by atoms with Crippen LogP contribution in [0.1, 0.15) is 45.6 Å². The molecule has 2 heterocycles. The molecule has 0 saturated carbocycles. The van der Waals surface area contributed by atoms with Gasteiger partial charge in [0.15, 0.2) is 0 Å². The third-order valence-electron chi connectivity index (χ3n) is 5.19. The molecular weight excluding hydrogens is 360 g/mol. The average molecular weight is 387 g/mol. The summed E-state index contributed by atoms with van der Waals surface area (Å²) >= 11 is 6.83. The van der Waals surface area contributed by atoms with Crippen LogP contribution >= 0.6 is 24.0 Å². The van der Waals surface area contributed by atoms with Crippen molar-refractivity contribution in [1.29, 1.82) is 0 Å². The third kappa shape index (κ3) is 3.35. The zero-order chi connectivity index (χ0) is 18.9. The van der Waals surface area contributed by atoms with Crippen LogP contribution in [0.3, 0.4) is 0 Å². The molecule has 1 aromatic carbocycles. The number of fused-ring (bicyclic) bond motifs is 1. The second kappa shape index (κ2) is 7.57. The Morgan fingerprint density at radius 3 is 2.62 bits per heavy atom. The number of thiocarbonyl (C=S) groups is 1. The maximum atomic E-state index is 12.7. The van der Waals surface area contributed by atoms with Gasteiger partial charge < -0.3 is 4.90 Å². The molecule has 2 aliphatic heterocycles. The number of amides is 1. The van der Waals surface area contributed by atoms with Crippen LogP contribution in [0, 0.1) is 0 Å². The highest BCUT2D eigenvalue weighted by molar-refractivity contribution is 8.26. The Hall–Kier alpha value is -1.59. The van der Waals surface area contributed by atoms with Gasteiger partial charge in [-0.25, -0.2) is 0 Å². The van der Waals surface area contributed by atoms with Crippen molar-refractivity contribution in [2.45, 2.75) is 45.4 Å². The number of thioether (sulfide) groups is 1. The summed E-state index contributed by atoms with van der Waals surface area (Å²) < 4.78 is 0.679. The summed E-state index contributed by atoms with van der Waals surface area (Å²) in [5.41, 5.74) is 3.64. The van der Waals surface area contributed by atoms with E-state index in [1.165, 1.54) is 28.7 Å². The van der Waals surface area contributed by atoms with E-state index in [2.05, 4.69) is 63.1 Å². The van der Waals surface area contributed by atoms with Crippen molar-refractivity contribution in [2.75, 3.05) is 18.5 Å². The number of likely N-dealkylation sites (N-methyl/N-ethyl adjacent to an activating group) is 1. The van der Waals surface area contributed by atoms with E-state index in [1.54, 1.807) is 4.90 Å². The van der Waals surface area contributed by atoms with E-state index in [-0.39, 0.29) is 11.3 Å². The molecule has 0 bridgehead atoms. The van der Waals surface area contributed by atoms with Gasteiger partial charge in [-0.05, 0) is 30.2 Å². The Balaban J connectivity index is 1.83. The van der Waals surface area contributed by atoms with Crippen LogP contribution in [0.25, 0.3) is 0 Å². The first-order valence-corrected chi connectivity index (χ1v) is 10.4. The third-order valence-corrected chi connectivity index (χ3v) is 6.59. The Kier molecular flexibility index (Phi) is 5.58. The van der Waals surface area contributed by atoms with E-state index < -0.39 is 0 Å². The van der Waals surface area contributed by atoms with Crippen LogP contribution in [0.5, 0.6) is 0 Å². The molecular formula is C21H26N2OS2. The maximum absolute atomic E-state index is 12.7. The lowest BCUT2D eigenvalue weighted by Crippen LogP contribution is -2.29. The summed E-state index contributed by atoms with van der Waals surface area (Å²) in [4.78, 5) is 17.4. The largest absolute Gasteiger partial charge is 0.347 e. The van der Waals surface area contributed by atoms with E-state index in [0.29, 0.717) is 4.32 Å². The highest BCUT2D eigenvalue weighted by Crippen LogP contribution is 2.46. The van der Waals surface area contributed by atoms with Gasteiger partial charge in [-0.2, -0.15) is 0 Å². The van der Waals surface area contributed by atoms with Crippen molar-refractivity contribution < 1.29 is 4.79 Å². The molecule has 1 saturated heterocycles. The number of hydrogen-bond acceptors (Lipinski definition) is 4. The molecule has 2 aliphatic rings. The quantitative estimate of drug-likeness (QED) is 0.393. The lowest BCUT2D eigenvalue weighted by atomic mass is 9.84. The number of nitrogens with zero attached hydrogens (tertiary/aromatic N) is 2. The first-order chi connectivity index (χ1) is 12.4. The summed E-state index contributed by atoms with van der Waals surface area (Å²) in [6.45, 7) is 7.34. The van der Waals surface area contributed by atoms with Crippen molar-refractivity contribution in [1.82, 2.24) is 4.90 Å². The number of para-hydroxylation sites is 1.